The minimum atomic E-state index is -3.71. The highest BCUT2D eigenvalue weighted by atomic mass is 32.2. The van der Waals surface area contributed by atoms with E-state index in [9.17, 15) is 13.2 Å². The molecular weight excluding hydrogens is 458 g/mol. The van der Waals surface area contributed by atoms with Crippen LogP contribution in [-0.2, 0) is 27.7 Å². The quantitative estimate of drug-likeness (QED) is 0.384. The van der Waals surface area contributed by atoms with Gasteiger partial charge in [0.25, 0.3) is 0 Å². The number of aryl methyl sites for hydroxylation is 2. The number of thiazole rings is 1. The minimum Gasteiger partial charge on any atom is -0.461 e. The van der Waals surface area contributed by atoms with Gasteiger partial charge in [-0.2, -0.15) is 0 Å². The Bertz CT molecular complexity index is 1360. The van der Waals surface area contributed by atoms with E-state index >= 15 is 0 Å². The van der Waals surface area contributed by atoms with E-state index in [1.807, 2.05) is 49.4 Å². The fraction of sp³-hybridized carbons (Fsp3) is 0.167. The molecule has 0 saturated carbocycles. The number of primary sulfonamides is 1. The Kier molecular flexibility index (Phi) is 6.73. The van der Waals surface area contributed by atoms with Gasteiger partial charge in [0.2, 0.25) is 15.9 Å². The van der Waals surface area contributed by atoms with Crippen molar-refractivity contribution in [2.75, 3.05) is 5.32 Å². The maximum absolute atomic E-state index is 12.4. The van der Waals surface area contributed by atoms with Crippen LogP contribution in [0.15, 0.2) is 76.0 Å². The van der Waals surface area contributed by atoms with E-state index in [4.69, 9.17) is 9.56 Å². The van der Waals surface area contributed by atoms with Gasteiger partial charge in [-0.25, -0.2) is 18.5 Å². The van der Waals surface area contributed by atoms with Crippen LogP contribution < -0.4 is 10.5 Å². The molecule has 3 N–H and O–H groups in total. The number of carbonyl (C=O) groups excluding carboxylic acids is 1. The van der Waals surface area contributed by atoms with E-state index in [0.717, 1.165) is 33.2 Å². The number of amides is 1. The second-order valence-electron chi connectivity index (χ2n) is 7.57. The summed E-state index contributed by atoms with van der Waals surface area (Å²) in [4.78, 5) is 17.9. The van der Waals surface area contributed by atoms with Gasteiger partial charge in [0, 0.05) is 29.7 Å². The standard InChI is InChI=1S/C24H23N3O4S2/c1-16-22(15-17-7-11-20(12-8-17)33(25,29)30)32-24(26-16)27-23(28)14-10-19-9-13-21(31-19)18-5-3-2-4-6-18/h2-9,11-13H,10,14-15H2,1H3,(H2,25,29,30)(H,26,27,28). The smallest absolute Gasteiger partial charge is 0.238 e. The van der Waals surface area contributed by atoms with Crippen LogP contribution in [-0.4, -0.2) is 19.3 Å². The van der Waals surface area contributed by atoms with Gasteiger partial charge in [-0.1, -0.05) is 42.5 Å². The average Bonchev–Trinajstić information content (AvgIpc) is 3.39. The van der Waals surface area contributed by atoms with Crippen molar-refractivity contribution in [3.63, 3.8) is 0 Å². The minimum absolute atomic E-state index is 0.0766. The first-order valence-corrected chi connectivity index (χ1v) is 12.7. The number of nitrogens with one attached hydrogen (secondary N) is 1. The van der Waals surface area contributed by atoms with Crippen LogP contribution in [0.25, 0.3) is 11.3 Å². The summed E-state index contributed by atoms with van der Waals surface area (Å²) in [7, 11) is -3.71. The molecule has 2 aromatic carbocycles. The van der Waals surface area contributed by atoms with E-state index in [2.05, 4.69) is 10.3 Å². The van der Waals surface area contributed by atoms with Crippen molar-refractivity contribution in [2.45, 2.75) is 31.1 Å². The Morgan fingerprint density at radius 1 is 1.06 bits per heavy atom. The monoisotopic (exact) mass is 481 g/mol. The summed E-state index contributed by atoms with van der Waals surface area (Å²) in [6.45, 7) is 1.88. The van der Waals surface area contributed by atoms with Crippen LogP contribution in [0.4, 0.5) is 5.13 Å². The van der Waals surface area contributed by atoms with Gasteiger partial charge >= 0.3 is 0 Å². The van der Waals surface area contributed by atoms with Gasteiger partial charge in [-0.3, -0.25) is 4.79 Å². The maximum atomic E-state index is 12.4. The number of furan rings is 1. The van der Waals surface area contributed by atoms with Crippen molar-refractivity contribution in [1.29, 1.82) is 0 Å². The molecule has 0 spiro atoms. The van der Waals surface area contributed by atoms with E-state index in [0.29, 0.717) is 18.0 Å². The summed E-state index contributed by atoms with van der Waals surface area (Å²) in [5.74, 6) is 1.40. The third kappa shape index (κ3) is 5.95. The normalized spacial score (nSPS) is 11.5. The van der Waals surface area contributed by atoms with Crippen molar-refractivity contribution in [3.05, 3.63) is 88.6 Å². The Morgan fingerprint density at radius 3 is 2.48 bits per heavy atom. The number of aromatic nitrogens is 1. The number of hydrogen-bond acceptors (Lipinski definition) is 6. The summed E-state index contributed by atoms with van der Waals surface area (Å²) in [6.07, 6.45) is 1.36. The van der Waals surface area contributed by atoms with Gasteiger partial charge < -0.3 is 9.73 Å². The Hall–Kier alpha value is -3.27. The zero-order valence-corrected chi connectivity index (χ0v) is 19.6. The zero-order valence-electron chi connectivity index (χ0n) is 17.9. The third-order valence-electron chi connectivity index (χ3n) is 5.07. The summed E-state index contributed by atoms with van der Waals surface area (Å²) in [5.41, 5.74) is 2.75. The van der Waals surface area contributed by atoms with E-state index < -0.39 is 10.0 Å². The molecule has 0 aliphatic heterocycles. The lowest BCUT2D eigenvalue weighted by Gasteiger charge is -2.02. The summed E-state index contributed by atoms with van der Waals surface area (Å²) in [6, 6.07) is 20.0. The van der Waals surface area contributed by atoms with Crippen LogP contribution in [0.3, 0.4) is 0 Å². The Morgan fingerprint density at radius 2 is 1.79 bits per heavy atom. The highest BCUT2D eigenvalue weighted by Crippen LogP contribution is 2.26. The number of rotatable bonds is 8. The van der Waals surface area contributed by atoms with Gasteiger partial charge in [-0.15, -0.1) is 11.3 Å². The van der Waals surface area contributed by atoms with Gasteiger partial charge in [0.1, 0.15) is 11.5 Å². The largest absolute Gasteiger partial charge is 0.461 e. The molecule has 4 rings (SSSR count). The molecular formula is C24H23N3O4S2. The molecule has 0 radical (unpaired) electrons. The van der Waals surface area contributed by atoms with Gasteiger partial charge in [0.15, 0.2) is 5.13 Å². The van der Waals surface area contributed by atoms with E-state index in [-0.39, 0.29) is 17.2 Å². The van der Waals surface area contributed by atoms with Gasteiger partial charge in [-0.05, 0) is 36.8 Å². The molecule has 2 heterocycles. The summed E-state index contributed by atoms with van der Waals surface area (Å²) < 4.78 is 28.6. The average molecular weight is 482 g/mol. The topological polar surface area (TPSA) is 115 Å². The van der Waals surface area contributed by atoms with E-state index in [1.54, 1.807) is 12.1 Å². The fourth-order valence-corrected chi connectivity index (χ4v) is 4.84. The number of benzene rings is 2. The van der Waals surface area contributed by atoms with Crippen LogP contribution in [0.2, 0.25) is 0 Å². The number of hydrogen-bond donors (Lipinski definition) is 2. The zero-order chi connectivity index (χ0) is 23.4. The first-order valence-electron chi connectivity index (χ1n) is 10.3. The third-order valence-corrected chi connectivity index (χ3v) is 7.08. The highest BCUT2D eigenvalue weighted by molar-refractivity contribution is 7.89. The Labute approximate surface area is 196 Å². The van der Waals surface area contributed by atoms with Crippen molar-refractivity contribution in [2.24, 2.45) is 5.14 Å². The molecule has 1 amide bonds. The van der Waals surface area contributed by atoms with Crippen LogP contribution >= 0.6 is 11.3 Å². The van der Waals surface area contributed by atoms with Crippen LogP contribution in [0.1, 0.15) is 28.3 Å². The Balaban J connectivity index is 1.33. The van der Waals surface area contributed by atoms with E-state index in [1.165, 1.54) is 23.5 Å². The molecule has 0 bridgehead atoms. The summed E-state index contributed by atoms with van der Waals surface area (Å²) >= 11 is 1.41. The molecule has 4 aromatic rings. The predicted octanol–water partition coefficient (Wildman–Crippen LogP) is 4.52. The molecule has 170 valence electrons. The predicted molar refractivity (Wildman–Crippen MR) is 129 cm³/mol. The lowest BCUT2D eigenvalue weighted by molar-refractivity contribution is -0.116. The molecule has 2 aromatic heterocycles. The molecule has 0 aliphatic rings. The highest BCUT2D eigenvalue weighted by Gasteiger charge is 2.13. The fourth-order valence-electron chi connectivity index (χ4n) is 3.32. The molecule has 0 unspecified atom stereocenters. The molecule has 9 heteroatoms. The second kappa shape index (κ2) is 9.70. The number of carbonyl (C=O) groups is 1. The number of sulfonamides is 1. The number of anilines is 1. The van der Waals surface area contributed by atoms with Crippen molar-refractivity contribution in [3.8, 4) is 11.3 Å². The number of nitrogens with two attached hydrogens (primary N) is 1. The van der Waals surface area contributed by atoms with Crippen LogP contribution in [0, 0.1) is 6.92 Å². The molecule has 0 saturated heterocycles. The molecule has 7 nitrogen and oxygen atoms in total. The molecule has 0 fully saturated rings. The lowest BCUT2D eigenvalue weighted by atomic mass is 10.1. The summed E-state index contributed by atoms with van der Waals surface area (Å²) in [5, 5.41) is 8.54. The first kappa shape index (κ1) is 22.9. The number of nitrogens with zero attached hydrogens (tertiary/aromatic N) is 1. The van der Waals surface area contributed by atoms with Gasteiger partial charge in [0.05, 0.1) is 10.6 Å². The first-order chi connectivity index (χ1) is 15.8. The van der Waals surface area contributed by atoms with Crippen LogP contribution in [0.5, 0.6) is 0 Å². The molecule has 0 atom stereocenters. The van der Waals surface area contributed by atoms with Crippen molar-refractivity contribution < 1.29 is 17.6 Å². The molecule has 33 heavy (non-hydrogen) atoms. The lowest BCUT2D eigenvalue weighted by Crippen LogP contribution is -2.11. The maximum Gasteiger partial charge on any atom is 0.238 e. The SMILES string of the molecule is Cc1nc(NC(=O)CCc2ccc(-c3ccccc3)o2)sc1Cc1ccc(S(N)(=O)=O)cc1. The van der Waals surface area contributed by atoms with Crippen molar-refractivity contribution in [1.82, 2.24) is 4.98 Å². The molecule has 0 aliphatic carbocycles. The second-order valence-corrected chi connectivity index (χ2v) is 10.2. The van der Waals surface area contributed by atoms with Crippen molar-refractivity contribution >= 4 is 32.4 Å².